The lowest BCUT2D eigenvalue weighted by Gasteiger charge is -2.15. The summed E-state index contributed by atoms with van der Waals surface area (Å²) in [5.41, 5.74) is 4.19. The van der Waals surface area contributed by atoms with Crippen LogP contribution in [0.2, 0.25) is 0 Å². The Morgan fingerprint density at radius 1 is 1.32 bits per heavy atom. The molecule has 3 nitrogen and oxygen atoms in total. The summed E-state index contributed by atoms with van der Waals surface area (Å²) < 4.78 is 72.8. The molecule has 0 fully saturated rings. The van der Waals surface area contributed by atoms with E-state index in [4.69, 9.17) is 5.73 Å². The van der Waals surface area contributed by atoms with Gasteiger partial charge >= 0.3 is 6.18 Å². The molecule has 108 valence electrons. The molecule has 0 aliphatic rings. The molecule has 2 N–H and O–H groups in total. The molecule has 0 heterocycles. The van der Waals surface area contributed by atoms with E-state index < -0.39 is 33.4 Å². The van der Waals surface area contributed by atoms with Crippen LogP contribution in [0.1, 0.15) is 23.6 Å². The van der Waals surface area contributed by atoms with Crippen LogP contribution in [0.5, 0.6) is 0 Å². The molecule has 0 bridgehead atoms. The predicted molar refractivity (Wildman–Crippen MR) is 62.7 cm³/mol. The lowest BCUT2D eigenvalue weighted by Crippen LogP contribution is -2.18. The minimum atomic E-state index is -4.60. The van der Waals surface area contributed by atoms with Gasteiger partial charge in [-0.3, -0.25) is 0 Å². The van der Waals surface area contributed by atoms with Gasteiger partial charge in [-0.2, -0.15) is 13.2 Å². The summed E-state index contributed by atoms with van der Waals surface area (Å²) in [5.74, 6) is -1.20. The van der Waals surface area contributed by atoms with Crippen molar-refractivity contribution in [3.05, 3.63) is 35.1 Å². The second-order valence-electron chi connectivity index (χ2n) is 4.26. The summed E-state index contributed by atoms with van der Waals surface area (Å²) in [6.07, 6.45) is -3.77. The largest absolute Gasteiger partial charge is 0.416 e. The second-order valence-corrected chi connectivity index (χ2v) is 6.52. The van der Waals surface area contributed by atoms with Crippen molar-refractivity contribution in [3.63, 3.8) is 0 Å². The SMILES string of the molecule is CS(=O)(=O)CCC(N)c1cc(C(F)(F)F)ccc1F. The first-order chi connectivity index (χ1) is 8.50. The van der Waals surface area contributed by atoms with Gasteiger partial charge in [0.25, 0.3) is 0 Å². The van der Waals surface area contributed by atoms with E-state index in [0.29, 0.717) is 18.2 Å². The second kappa shape index (κ2) is 5.46. The Bertz CT molecular complexity index is 554. The van der Waals surface area contributed by atoms with Gasteiger partial charge in [-0.25, -0.2) is 12.8 Å². The van der Waals surface area contributed by atoms with Gasteiger partial charge in [0.2, 0.25) is 0 Å². The van der Waals surface area contributed by atoms with Crippen molar-refractivity contribution >= 4 is 9.84 Å². The molecule has 19 heavy (non-hydrogen) atoms. The van der Waals surface area contributed by atoms with Gasteiger partial charge < -0.3 is 5.73 Å². The van der Waals surface area contributed by atoms with Crippen molar-refractivity contribution in [2.24, 2.45) is 5.73 Å². The van der Waals surface area contributed by atoms with E-state index in [9.17, 15) is 26.0 Å². The van der Waals surface area contributed by atoms with Gasteiger partial charge in [0.15, 0.2) is 0 Å². The molecule has 0 saturated heterocycles. The van der Waals surface area contributed by atoms with Crippen molar-refractivity contribution in [2.45, 2.75) is 18.6 Å². The van der Waals surface area contributed by atoms with Crippen LogP contribution < -0.4 is 5.73 Å². The minimum Gasteiger partial charge on any atom is -0.324 e. The average molecular weight is 299 g/mol. The van der Waals surface area contributed by atoms with Gasteiger partial charge in [-0.1, -0.05) is 0 Å². The summed E-state index contributed by atoms with van der Waals surface area (Å²) in [6, 6.07) is 0.806. The first kappa shape index (κ1) is 15.9. The van der Waals surface area contributed by atoms with Gasteiger partial charge in [0.05, 0.1) is 11.3 Å². The highest BCUT2D eigenvalue weighted by molar-refractivity contribution is 7.90. The molecular formula is C11H13F4NO2S. The number of halogens is 4. The van der Waals surface area contributed by atoms with Crippen molar-refractivity contribution in [2.75, 3.05) is 12.0 Å². The molecule has 0 aromatic heterocycles. The van der Waals surface area contributed by atoms with Gasteiger partial charge in [-0.15, -0.1) is 0 Å². The number of hydrogen-bond acceptors (Lipinski definition) is 3. The van der Waals surface area contributed by atoms with Gasteiger partial charge in [0, 0.05) is 17.9 Å². The monoisotopic (exact) mass is 299 g/mol. The van der Waals surface area contributed by atoms with Crippen LogP contribution in [0.15, 0.2) is 18.2 Å². The zero-order valence-electron chi connectivity index (χ0n) is 10.0. The molecule has 0 amide bonds. The number of sulfone groups is 1. The summed E-state index contributed by atoms with van der Waals surface area (Å²) in [7, 11) is -3.30. The predicted octanol–water partition coefficient (Wildman–Crippen LogP) is 2.28. The Hall–Kier alpha value is -1.15. The normalized spacial score (nSPS) is 14.4. The fourth-order valence-electron chi connectivity index (χ4n) is 1.50. The van der Waals surface area contributed by atoms with E-state index in [1.54, 1.807) is 0 Å². The van der Waals surface area contributed by atoms with Crippen molar-refractivity contribution in [3.8, 4) is 0 Å². The van der Waals surface area contributed by atoms with Crippen molar-refractivity contribution < 1.29 is 26.0 Å². The number of alkyl halides is 3. The maximum atomic E-state index is 13.4. The summed E-state index contributed by atoms with van der Waals surface area (Å²) in [5, 5.41) is 0. The molecule has 8 heteroatoms. The molecule has 0 aliphatic carbocycles. The van der Waals surface area contributed by atoms with Crippen LogP contribution in [0, 0.1) is 5.82 Å². The fraction of sp³-hybridized carbons (Fsp3) is 0.455. The maximum Gasteiger partial charge on any atom is 0.416 e. The lowest BCUT2D eigenvalue weighted by molar-refractivity contribution is -0.137. The third-order valence-electron chi connectivity index (χ3n) is 2.52. The van der Waals surface area contributed by atoms with E-state index in [-0.39, 0.29) is 17.7 Å². The summed E-state index contributed by atoms with van der Waals surface area (Å²) in [6.45, 7) is 0. The van der Waals surface area contributed by atoms with E-state index >= 15 is 0 Å². The first-order valence-electron chi connectivity index (χ1n) is 5.30. The Balaban J connectivity index is 2.99. The molecule has 0 saturated carbocycles. The van der Waals surface area contributed by atoms with Crippen LogP contribution in [0.3, 0.4) is 0 Å². The van der Waals surface area contributed by atoms with Crippen LogP contribution in [0.4, 0.5) is 17.6 Å². The maximum absolute atomic E-state index is 13.4. The third kappa shape index (κ3) is 4.79. The van der Waals surface area contributed by atoms with Crippen LogP contribution in [0.25, 0.3) is 0 Å². The molecule has 0 aliphatic heterocycles. The molecular weight excluding hydrogens is 286 g/mol. The number of hydrogen-bond donors (Lipinski definition) is 1. The highest BCUT2D eigenvalue weighted by Gasteiger charge is 2.31. The molecule has 0 radical (unpaired) electrons. The fourth-order valence-corrected chi connectivity index (χ4v) is 2.18. The topological polar surface area (TPSA) is 60.2 Å². The standard InChI is InChI=1S/C11H13F4NO2S/c1-19(17,18)5-4-10(16)8-6-7(11(13,14)15)2-3-9(8)12/h2-3,6,10H,4-5,16H2,1H3. The highest BCUT2D eigenvalue weighted by Crippen LogP contribution is 2.32. The van der Waals surface area contributed by atoms with Crippen molar-refractivity contribution in [1.29, 1.82) is 0 Å². The Labute approximate surface area is 108 Å². The Morgan fingerprint density at radius 3 is 2.37 bits per heavy atom. The lowest BCUT2D eigenvalue weighted by atomic mass is 10.0. The summed E-state index contributed by atoms with van der Waals surface area (Å²) >= 11 is 0. The summed E-state index contributed by atoms with van der Waals surface area (Å²) in [4.78, 5) is 0. The first-order valence-corrected chi connectivity index (χ1v) is 7.36. The molecule has 1 aromatic rings. The highest BCUT2D eigenvalue weighted by atomic mass is 32.2. The molecule has 1 rings (SSSR count). The van der Waals surface area contributed by atoms with Gasteiger partial charge in [0.1, 0.15) is 15.7 Å². The van der Waals surface area contributed by atoms with Gasteiger partial charge in [-0.05, 0) is 24.6 Å². The van der Waals surface area contributed by atoms with Crippen LogP contribution in [-0.2, 0) is 16.0 Å². The molecule has 0 spiro atoms. The molecule has 1 atom stereocenters. The molecule has 1 aromatic carbocycles. The van der Waals surface area contributed by atoms with Crippen LogP contribution in [-0.4, -0.2) is 20.4 Å². The zero-order chi connectivity index (χ0) is 14.8. The molecule has 1 unspecified atom stereocenters. The number of nitrogens with two attached hydrogens (primary N) is 1. The average Bonchev–Trinajstić information content (AvgIpc) is 2.24. The third-order valence-corrected chi connectivity index (χ3v) is 3.50. The van der Waals surface area contributed by atoms with E-state index in [2.05, 4.69) is 0 Å². The Morgan fingerprint density at radius 2 is 1.89 bits per heavy atom. The smallest absolute Gasteiger partial charge is 0.324 e. The number of benzene rings is 1. The quantitative estimate of drug-likeness (QED) is 0.868. The minimum absolute atomic E-state index is 0.142. The van der Waals surface area contributed by atoms with Crippen LogP contribution >= 0.6 is 0 Å². The van der Waals surface area contributed by atoms with E-state index in [1.165, 1.54) is 0 Å². The van der Waals surface area contributed by atoms with E-state index in [0.717, 1.165) is 6.26 Å². The number of rotatable bonds is 4. The van der Waals surface area contributed by atoms with E-state index in [1.807, 2.05) is 0 Å². The zero-order valence-corrected chi connectivity index (χ0v) is 10.9. The Kier molecular flexibility index (Phi) is 4.57. The van der Waals surface area contributed by atoms with Crippen molar-refractivity contribution in [1.82, 2.24) is 0 Å².